The van der Waals surface area contributed by atoms with Gasteiger partial charge in [0.15, 0.2) is 23.2 Å². The SMILES string of the molecule is Cc1cc(CCCCO)cc(C2=C3N=CC=C3CN2OC2C(Oc3ccc4c(=O)c(-c5ccc(O)cc5)coc4c3)OC(C(O)OC(=O)C(NCCC=O)C(=O)O)C(O)C2(O)C(O)CCCO)c1. The highest BCUT2D eigenvalue weighted by Crippen LogP contribution is 2.44. The molecule has 8 atom stereocenters. The molecule has 4 heterocycles. The Hall–Kier alpha value is -6.33. The highest BCUT2D eigenvalue weighted by molar-refractivity contribution is 5.98. The van der Waals surface area contributed by atoms with Gasteiger partial charge in [-0.25, -0.2) is 14.7 Å². The van der Waals surface area contributed by atoms with Gasteiger partial charge in [-0.2, -0.15) is 0 Å². The number of aliphatic hydroxyl groups is 6. The summed E-state index contributed by atoms with van der Waals surface area (Å²) in [7, 11) is 0. The summed E-state index contributed by atoms with van der Waals surface area (Å²) >= 11 is 0. The Morgan fingerprint density at radius 2 is 1.79 bits per heavy atom. The fraction of sp³-hybridized carbons (Fsp3) is 0.396. The number of aliphatic hydroxyl groups excluding tert-OH is 5. The Morgan fingerprint density at radius 3 is 2.51 bits per heavy atom. The predicted molar refractivity (Wildman–Crippen MR) is 241 cm³/mol. The normalized spacial score (nSPS) is 22.5. The van der Waals surface area contributed by atoms with Gasteiger partial charge in [0.2, 0.25) is 18.6 Å². The van der Waals surface area contributed by atoms with E-state index >= 15 is 0 Å². The molecule has 0 bridgehead atoms. The number of aryl methyl sites for hydroxylation is 2. The van der Waals surface area contributed by atoms with E-state index in [4.69, 9.17) is 23.5 Å². The first kappa shape index (κ1) is 49.6. The lowest BCUT2D eigenvalue weighted by molar-refractivity contribution is -0.385. The predicted octanol–water partition coefficient (Wildman–Crippen LogP) is 1.61. The molecule has 9 N–H and O–H groups in total. The molecule has 1 aromatic heterocycles. The van der Waals surface area contributed by atoms with E-state index < -0.39 is 72.6 Å². The van der Waals surface area contributed by atoms with Gasteiger partial charge in [0, 0.05) is 49.6 Å². The van der Waals surface area contributed by atoms with Crippen LogP contribution in [-0.2, 0) is 35.1 Å². The summed E-state index contributed by atoms with van der Waals surface area (Å²) in [4.78, 5) is 61.0. The molecule has 1 fully saturated rings. The van der Waals surface area contributed by atoms with Crippen LogP contribution in [-0.4, -0.2) is 145 Å². The van der Waals surface area contributed by atoms with E-state index in [0.717, 1.165) is 11.1 Å². The van der Waals surface area contributed by atoms with Gasteiger partial charge in [-0.15, -0.1) is 0 Å². The molecule has 0 spiro atoms. The third-order valence-corrected chi connectivity index (χ3v) is 11.8. The number of ether oxygens (including phenoxy) is 3. The molecular formula is C48H53N3O17. The van der Waals surface area contributed by atoms with Crippen LogP contribution in [0.4, 0.5) is 0 Å². The second-order valence-electron chi connectivity index (χ2n) is 16.6. The van der Waals surface area contributed by atoms with E-state index in [1.54, 1.807) is 24.4 Å². The maximum Gasteiger partial charge on any atom is 0.337 e. The van der Waals surface area contributed by atoms with Crippen LogP contribution in [0.2, 0.25) is 0 Å². The lowest BCUT2D eigenvalue weighted by Crippen LogP contribution is -2.75. The second-order valence-corrected chi connectivity index (χ2v) is 16.6. The van der Waals surface area contributed by atoms with Crippen molar-refractivity contribution in [2.75, 3.05) is 26.3 Å². The number of fused-ring (bicyclic) bond motifs is 2. The van der Waals surface area contributed by atoms with Gasteiger partial charge >= 0.3 is 11.9 Å². The average molecular weight is 944 g/mol. The van der Waals surface area contributed by atoms with Crippen molar-refractivity contribution in [3.63, 3.8) is 0 Å². The summed E-state index contributed by atoms with van der Waals surface area (Å²) in [6.45, 7) is 1.24. The van der Waals surface area contributed by atoms with Crippen molar-refractivity contribution >= 4 is 41.1 Å². The number of unbranched alkanes of at least 4 members (excludes halogenated alkanes) is 1. The van der Waals surface area contributed by atoms with Crippen molar-refractivity contribution in [2.24, 2.45) is 4.99 Å². The van der Waals surface area contributed by atoms with Crippen molar-refractivity contribution in [2.45, 2.75) is 94.1 Å². The molecule has 3 aliphatic heterocycles. The minimum absolute atomic E-state index is 0.00520. The molecule has 362 valence electrons. The van der Waals surface area contributed by atoms with E-state index in [1.807, 2.05) is 25.1 Å². The fourth-order valence-corrected chi connectivity index (χ4v) is 8.42. The topological polar surface area (TPSA) is 308 Å². The van der Waals surface area contributed by atoms with Gasteiger partial charge < -0.3 is 64.3 Å². The number of carbonyl (C=O) groups is 3. The summed E-state index contributed by atoms with van der Waals surface area (Å²) in [6.07, 6.45) is -6.73. The Balaban J connectivity index is 1.30. The van der Waals surface area contributed by atoms with Crippen molar-refractivity contribution in [1.29, 1.82) is 0 Å². The van der Waals surface area contributed by atoms with E-state index in [1.165, 1.54) is 41.7 Å². The highest BCUT2D eigenvalue weighted by atomic mass is 16.8. The monoisotopic (exact) mass is 943 g/mol. The standard InChI is InChI=1S/C48H53N3O17/c1-26-20-27(6-2-3-17-52)22-30(21-26)39-37-29(14-16-50-37)24-51(39)68-43-47(65-32-12-13-33-35(23-32)64-25-34(40(33)57)28-8-10-31(55)11-9-28)66-41(42(58)48(43,63)36(56)7-4-18-53)46(62)67-45(61)38(44(59)60)49-15-5-19-54/h8-14,16,19-23,25,36,38,41-43,46-47,49,52-53,55-56,58,62-63H,2-7,15,17-18,24H2,1H3,(H,59,60). The Kier molecular flexibility index (Phi) is 15.9. The molecule has 0 radical (unpaired) electrons. The molecule has 3 aromatic carbocycles. The van der Waals surface area contributed by atoms with Gasteiger partial charge in [0.1, 0.15) is 35.7 Å². The summed E-state index contributed by atoms with van der Waals surface area (Å²) in [6, 6.07) is 13.7. The summed E-state index contributed by atoms with van der Waals surface area (Å²) in [5, 5.41) is 90.9. The number of carboxylic acid groups (broad SMARTS) is 1. The number of phenols is 1. The number of hydrogen-bond donors (Lipinski definition) is 9. The van der Waals surface area contributed by atoms with Crippen LogP contribution in [0.1, 0.15) is 48.8 Å². The molecule has 20 nitrogen and oxygen atoms in total. The fourth-order valence-electron chi connectivity index (χ4n) is 8.42. The van der Waals surface area contributed by atoms with Crippen molar-refractivity contribution < 1.29 is 78.7 Å². The molecule has 4 aromatic rings. The number of nitrogens with one attached hydrogen (secondary N) is 1. The van der Waals surface area contributed by atoms with Crippen LogP contribution in [0.5, 0.6) is 11.5 Å². The smallest absolute Gasteiger partial charge is 0.337 e. The van der Waals surface area contributed by atoms with Crippen LogP contribution < -0.4 is 15.5 Å². The number of esters is 1. The Morgan fingerprint density at radius 1 is 1.03 bits per heavy atom. The molecule has 8 unspecified atom stereocenters. The first-order chi connectivity index (χ1) is 32.7. The molecule has 1 saturated heterocycles. The summed E-state index contributed by atoms with van der Waals surface area (Å²) in [5.74, 6) is -3.39. The Bertz CT molecular complexity index is 2630. The number of nitrogens with zero attached hydrogens (tertiary/aromatic N) is 2. The number of carboxylic acids is 1. The van der Waals surface area contributed by atoms with Gasteiger partial charge in [-0.1, -0.05) is 23.8 Å². The quantitative estimate of drug-likeness (QED) is 0.0178. The molecule has 20 heteroatoms. The molecule has 0 amide bonds. The molecule has 3 aliphatic rings. The van der Waals surface area contributed by atoms with Crippen LogP contribution in [0.3, 0.4) is 0 Å². The van der Waals surface area contributed by atoms with Crippen molar-refractivity contribution in [3.05, 3.63) is 111 Å². The maximum absolute atomic E-state index is 13.7. The third kappa shape index (κ3) is 10.5. The molecular weight excluding hydrogens is 891 g/mol. The number of benzene rings is 3. The number of aromatic hydroxyl groups is 1. The van der Waals surface area contributed by atoms with E-state index in [2.05, 4.69) is 10.3 Å². The zero-order chi connectivity index (χ0) is 48.7. The average Bonchev–Trinajstić information content (AvgIpc) is 3.91. The second kappa shape index (κ2) is 21.7. The van der Waals surface area contributed by atoms with Crippen molar-refractivity contribution in [1.82, 2.24) is 10.4 Å². The lowest BCUT2D eigenvalue weighted by atomic mass is 9.77. The van der Waals surface area contributed by atoms with Crippen molar-refractivity contribution in [3.8, 4) is 22.6 Å². The minimum atomic E-state index is -2.93. The number of aliphatic imine (C=N–C) groups is 1. The number of aliphatic carboxylic acids is 1. The van der Waals surface area contributed by atoms with Gasteiger partial charge in [-0.3, -0.25) is 19.9 Å². The first-order valence-electron chi connectivity index (χ1n) is 22.0. The largest absolute Gasteiger partial charge is 0.508 e. The summed E-state index contributed by atoms with van der Waals surface area (Å²) < 4.78 is 23.5. The van der Waals surface area contributed by atoms with Gasteiger partial charge in [0.05, 0.1) is 35.0 Å². The number of phenolic OH excluding ortho intramolecular Hbond substituents is 1. The first-order valence-corrected chi connectivity index (χ1v) is 22.0. The van der Waals surface area contributed by atoms with Gasteiger partial charge in [-0.05, 0) is 92.6 Å². The van der Waals surface area contributed by atoms with Crippen LogP contribution >= 0.6 is 0 Å². The number of carbonyl (C=O) groups excluding carboxylic acids is 2. The summed E-state index contributed by atoms with van der Waals surface area (Å²) in [5.41, 5.74) is 1.43. The molecule has 68 heavy (non-hydrogen) atoms. The minimum Gasteiger partial charge on any atom is -0.508 e. The molecule has 0 saturated carbocycles. The van der Waals surface area contributed by atoms with Gasteiger partial charge in [0.25, 0.3) is 0 Å². The molecule has 0 aliphatic carbocycles. The number of hydroxylamine groups is 2. The number of allylic oxidation sites excluding steroid dienone is 1. The van der Waals surface area contributed by atoms with Crippen LogP contribution in [0.25, 0.3) is 27.8 Å². The number of aldehydes is 1. The lowest BCUT2D eigenvalue weighted by Gasteiger charge is -2.52. The van der Waals surface area contributed by atoms with Crippen LogP contribution in [0.15, 0.2) is 98.5 Å². The maximum atomic E-state index is 13.7. The van der Waals surface area contributed by atoms with E-state index in [-0.39, 0.29) is 67.0 Å². The zero-order valence-electron chi connectivity index (χ0n) is 36.8. The van der Waals surface area contributed by atoms with E-state index in [9.17, 15) is 60.0 Å². The number of rotatable bonds is 22. The Labute approximate surface area is 388 Å². The highest BCUT2D eigenvalue weighted by Gasteiger charge is 2.64. The number of hydrogen-bond acceptors (Lipinski definition) is 19. The molecule has 7 rings (SSSR count). The van der Waals surface area contributed by atoms with Crippen LogP contribution in [0, 0.1) is 6.92 Å². The third-order valence-electron chi connectivity index (χ3n) is 11.8. The van der Waals surface area contributed by atoms with E-state index in [0.29, 0.717) is 53.6 Å². The zero-order valence-corrected chi connectivity index (χ0v) is 36.8.